The van der Waals surface area contributed by atoms with Crippen LogP contribution >= 0.6 is 0 Å². The van der Waals surface area contributed by atoms with Gasteiger partial charge in [-0.3, -0.25) is 9.59 Å². The van der Waals surface area contributed by atoms with Gasteiger partial charge in [0, 0.05) is 16.7 Å². The molecule has 3 aromatic carbocycles. The summed E-state index contributed by atoms with van der Waals surface area (Å²) >= 11 is 0. The van der Waals surface area contributed by atoms with Gasteiger partial charge in [0.05, 0.1) is 15.4 Å². The Morgan fingerprint density at radius 2 is 1.55 bits per heavy atom. The summed E-state index contributed by atoms with van der Waals surface area (Å²) in [7, 11) is -3.98. The van der Waals surface area contributed by atoms with Gasteiger partial charge in [0.1, 0.15) is 0 Å². The fourth-order valence-electron chi connectivity index (χ4n) is 4.45. The van der Waals surface area contributed by atoms with E-state index in [1.54, 1.807) is 18.2 Å². The van der Waals surface area contributed by atoms with Crippen LogP contribution in [0.4, 0.5) is 0 Å². The van der Waals surface area contributed by atoms with Gasteiger partial charge >= 0.3 is 5.97 Å². The summed E-state index contributed by atoms with van der Waals surface area (Å²) < 4.78 is 31.5. The van der Waals surface area contributed by atoms with E-state index in [-0.39, 0.29) is 32.3 Å². The summed E-state index contributed by atoms with van der Waals surface area (Å²) in [5, 5.41) is 0. The van der Waals surface area contributed by atoms with Crippen molar-refractivity contribution in [1.82, 2.24) is 0 Å². The van der Waals surface area contributed by atoms with Crippen molar-refractivity contribution in [3.63, 3.8) is 0 Å². The Morgan fingerprint density at radius 3 is 2.36 bits per heavy atom. The number of hydrogen-bond donors (Lipinski definition) is 0. The van der Waals surface area contributed by atoms with E-state index in [1.165, 1.54) is 36.8 Å². The molecule has 5 rings (SSSR count). The van der Waals surface area contributed by atoms with Gasteiger partial charge in [0.2, 0.25) is 15.6 Å². The highest BCUT2D eigenvalue weighted by Crippen LogP contribution is 2.35. The maximum absolute atomic E-state index is 13.1. The molecule has 166 valence electrons. The minimum absolute atomic E-state index is 0.00696. The smallest absolute Gasteiger partial charge is 0.338 e. The van der Waals surface area contributed by atoms with Crippen molar-refractivity contribution in [2.75, 3.05) is 0 Å². The van der Waals surface area contributed by atoms with Crippen molar-refractivity contribution >= 4 is 27.4 Å². The Bertz CT molecular complexity index is 1450. The summed E-state index contributed by atoms with van der Waals surface area (Å²) in [5.74, 6) is -1.58. The van der Waals surface area contributed by atoms with Crippen molar-refractivity contribution in [3.8, 4) is 0 Å². The molecule has 6 nitrogen and oxygen atoms in total. The second-order valence-electron chi connectivity index (χ2n) is 8.29. The number of benzene rings is 3. The van der Waals surface area contributed by atoms with Gasteiger partial charge in [-0.05, 0) is 73.7 Å². The Morgan fingerprint density at radius 1 is 0.848 bits per heavy atom. The maximum atomic E-state index is 13.1. The zero-order valence-electron chi connectivity index (χ0n) is 17.8. The number of aryl methyl sites for hydroxylation is 2. The fraction of sp³-hybridized carbons (Fsp3) is 0.192. The molecule has 0 saturated heterocycles. The molecule has 1 heterocycles. The molecule has 1 unspecified atom stereocenters. The van der Waals surface area contributed by atoms with Gasteiger partial charge in [-0.25, -0.2) is 13.2 Å². The first-order chi connectivity index (χ1) is 15.8. The molecule has 33 heavy (non-hydrogen) atoms. The summed E-state index contributed by atoms with van der Waals surface area (Å²) in [4.78, 5) is 38.0. The molecule has 0 aromatic heterocycles. The van der Waals surface area contributed by atoms with Gasteiger partial charge in [0.25, 0.3) is 0 Å². The summed E-state index contributed by atoms with van der Waals surface area (Å²) in [6.45, 7) is 1.49. The molecule has 7 heteroatoms. The number of sulfone groups is 1. The molecule has 0 spiro atoms. The van der Waals surface area contributed by atoms with E-state index in [9.17, 15) is 22.8 Å². The van der Waals surface area contributed by atoms with Crippen LogP contribution < -0.4 is 0 Å². The van der Waals surface area contributed by atoms with Crippen LogP contribution in [0.5, 0.6) is 0 Å². The highest BCUT2D eigenvalue weighted by atomic mass is 32.2. The molecule has 0 radical (unpaired) electrons. The Hall–Kier alpha value is -3.58. The zero-order valence-corrected chi connectivity index (χ0v) is 18.6. The van der Waals surface area contributed by atoms with Crippen molar-refractivity contribution in [3.05, 3.63) is 94.0 Å². The van der Waals surface area contributed by atoms with Crippen LogP contribution in [0.3, 0.4) is 0 Å². The zero-order chi connectivity index (χ0) is 23.3. The third-order valence-corrected chi connectivity index (χ3v) is 8.06. The van der Waals surface area contributed by atoms with Crippen molar-refractivity contribution in [2.24, 2.45) is 0 Å². The van der Waals surface area contributed by atoms with Crippen LogP contribution in [0.1, 0.15) is 61.1 Å². The van der Waals surface area contributed by atoms with Crippen molar-refractivity contribution in [2.45, 2.75) is 42.1 Å². The first kappa shape index (κ1) is 21.3. The van der Waals surface area contributed by atoms with E-state index in [4.69, 9.17) is 4.74 Å². The van der Waals surface area contributed by atoms with E-state index < -0.39 is 27.7 Å². The predicted molar refractivity (Wildman–Crippen MR) is 119 cm³/mol. The van der Waals surface area contributed by atoms with E-state index in [2.05, 4.69) is 0 Å². The molecular weight excluding hydrogens is 440 g/mol. The number of esters is 1. The normalized spacial score (nSPS) is 16.3. The lowest BCUT2D eigenvalue weighted by atomic mass is 10.0. The van der Waals surface area contributed by atoms with Gasteiger partial charge in [-0.2, -0.15) is 0 Å². The maximum Gasteiger partial charge on any atom is 0.338 e. The summed E-state index contributed by atoms with van der Waals surface area (Å²) in [5.41, 5.74) is 2.93. The van der Waals surface area contributed by atoms with Gasteiger partial charge < -0.3 is 4.74 Å². The molecule has 2 aliphatic rings. The predicted octanol–water partition coefficient (Wildman–Crippen LogP) is 3.98. The molecule has 1 atom stereocenters. The highest BCUT2D eigenvalue weighted by Gasteiger charge is 2.35. The third-order valence-electron chi connectivity index (χ3n) is 6.21. The third kappa shape index (κ3) is 3.49. The van der Waals surface area contributed by atoms with Crippen LogP contribution in [0.15, 0.2) is 70.5 Å². The van der Waals surface area contributed by atoms with Crippen LogP contribution in [0.25, 0.3) is 0 Å². The molecular formula is C26H20O6S. The van der Waals surface area contributed by atoms with Crippen LogP contribution in [0.2, 0.25) is 0 Å². The standard InChI is InChI=1S/C26H20O6S/c1-15(24(27)18-10-9-16-5-4-6-17(16)13-18)32-26(29)19-11-12-21-23(14-19)33(30,31)22-8-3-2-7-20(22)25(21)28/h2-3,7-15H,4-6H2,1H3. The molecule has 1 aliphatic heterocycles. The minimum atomic E-state index is -3.98. The second-order valence-corrected chi connectivity index (χ2v) is 10.2. The monoisotopic (exact) mass is 460 g/mol. The summed E-state index contributed by atoms with van der Waals surface area (Å²) in [6, 6.07) is 15.3. The number of Topliss-reactive ketones (excluding diaryl/α,β-unsaturated/α-hetero) is 1. The first-order valence-corrected chi connectivity index (χ1v) is 12.2. The number of rotatable bonds is 4. The van der Waals surface area contributed by atoms with E-state index >= 15 is 0 Å². The second kappa shape index (κ2) is 7.78. The van der Waals surface area contributed by atoms with Crippen LogP contribution in [-0.4, -0.2) is 32.1 Å². The average molecular weight is 461 g/mol. The molecule has 0 saturated carbocycles. The molecule has 1 aliphatic carbocycles. The molecule has 3 aromatic rings. The van der Waals surface area contributed by atoms with E-state index in [1.807, 2.05) is 12.1 Å². The molecule has 0 N–H and O–H groups in total. The highest BCUT2D eigenvalue weighted by molar-refractivity contribution is 7.91. The van der Waals surface area contributed by atoms with Gasteiger partial charge in [0.15, 0.2) is 11.9 Å². The molecule has 0 fully saturated rings. The lowest BCUT2D eigenvalue weighted by molar-refractivity contribution is 0.0318. The Kier molecular flexibility index (Phi) is 5.01. The average Bonchev–Trinajstić information content (AvgIpc) is 3.30. The van der Waals surface area contributed by atoms with Crippen molar-refractivity contribution in [1.29, 1.82) is 0 Å². The van der Waals surface area contributed by atoms with Crippen LogP contribution in [0, 0.1) is 0 Å². The van der Waals surface area contributed by atoms with Crippen LogP contribution in [-0.2, 0) is 27.4 Å². The Balaban J connectivity index is 1.40. The van der Waals surface area contributed by atoms with Gasteiger partial charge in [-0.15, -0.1) is 0 Å². The van der Waals surface area contributed by atoms with E-state index in [0.29, 0.717) is 5.56 Å². The molecule has 0 bridgehead atoms. The number of ether oxygens (including phenoxy) is 1. The Labute approximate surface area is 191 Å². The quantitative estimate of drug-likeness (QED) is 0.338. The summed E-state index contributed by atoms with van der Waals surface area (Å²) in [6.07, 6.45) is 1.94. The fourth-order valence-corrected chi connectivity index (χ4v) is 6.13. The lowest BCUT2D eigenvalue weighted by Crippen LogP contribution is -2.25. The first-order valence-electron chi connectivity index (χ1n) is 10.7. The number of hydrogen-bond acceptors (Lipinski definition) is 6. The number of ketones is 2. The number of carbonyl (C=O) groups excluding carboxylic acids is 3. The number of fused-ring (bicyclic) bond motifs is 3. The van der Waals surface area contributed by atoms with Gasteiger partial charge in [-0.1, -0.05) is 24.3 Å². The molecule has 0 amide bonds. The largest absolute Gasteiger partial charge is 0.451 e. The number of carbonyl (C=O) groups is 3. The lowest BCUT2D eigenvalue weighted by Gasteiger charge is -2.19. The SMILES string of the molecule is CC(OC(=O)c1ccc2c(c1)S(=O)(=O)c1ccccc1C2=O)C(=O)c1ccc2c(c1)CCC2. The topological polar surface area (TPSA) is 94.6 Å². The van der Waals surface area contributed by atoms with Crippen molar-refractivity contribution < 1.29 is 27.5 Å². The van der Waals surface area contributed by atoms with E-state index in [0.717, 1.165) is 30.9 Å². The minimum Gasteiger partial charge on any atom is -0.451 e.